The molecule has 1 atom stereocenters. The molecule has 0 aromatic heterocycles. The van der Waals surface area contributed by atoms with Crippen molar-refractivity contribution in [3.05, 3.63) is 35.4 Å². The lowest BCUT2D eigenvalue weighted by atomic mass is 9.84. The summed E-state index contributed by atoms with van der Waals surface area (Å²) in [6.45, 7) is 1.92. The first kappa shape index (κ1) is 16.5. The van der Waals surface area contributed by atoms with E-state index < -0.39 is 0 Å². The Bertz CT molecular complexity index is 577. The van der Waals surface area contributed by atoms with Gasteiger partial charge >= 0.3 is 0 Å². The smallest absolute Gasteiger partial charge is 0.225 e. The highest BCUT2D eigenvalue weighted by atomic mass is 32.2. The standard InChI is InChI=1S/C20H28N2OS/c23-20(22-11-13-24-14-12-22)16-5-8-17(9-6-16)21-19-10-7-15-3-1-2-4-18(15)19/h1-4,16-17,19,21H,5-14H2. The molecular formula is C20H28N2OS. The van der Waals surface area contributed by atoms with Gasteiger partial charge in [0, 0.05) is 42.6 Å². The average molecular weight is 345 g/mol. The first-order valence-corrected chi connectivity index (χ1v) is 10.7. The molecule has 2 aliphatic carbocycles. The second-order valence-electron chi connectivity index (χ2n) is 7.44. The van der Waals surface area contributed by atoms with Gasteiger partial charge in [-0.15, -0.1) is 0 Å². The van der Waals surface area contributed by atoms with Gasteiger partial charge in [-0.3, -0.25) is 4.79 Å². The molecule has 2 fully saturated rings. The molecule has 1 saturated heterocycles. The lowest BCUT2D eigenvalue weighted by Gasteiger charge is -2.35. The minimum atomic E-state index is 0.280. The number of aryl methyl sites for hydroxylation is 1. The van der Waals surface area contributed by atoms with Gasteiger partial charge in [-0.25, -0.2) is 0 Å². The fraction of sp³-hybridized carbons (Fsp3) is 0.650. The van der Waals surface area contributed by atoms with E-state index in [1.165, 1.54) is 24.0 Å². The number of rotatable bonds is 3. The first-order valence-electron chi connectivity index (χ1n) is 9.51. The van der Waals surface area contributed by atoms with Gasteiger partial charge in [0.15, 0.2) is 0 Å². The molecule has 1 aliphatic heterocycles. The second kappa shape index (κ2) is 7.49. The zero-order valence-corrected chi connectivity index (χ0v) is 15.2. The normalized spacial score (nSPS) is 30.2. The monoisotopic (exact) mass is 344 g/mol. The molecule has 1 aromatic carbocycles. The zero-order chi connectivity index (χ0) is 16.4. The van der Waals surface area contributed by atoms with E-state index in [0.717, 1.165) is 50.3 Å². The Balaban J connectivity index is 1.28. The Morgan fingerprint density at radius 3 is 2.58 bits per heavy atom. The van der Waals surface area contributed by atoms with Gasteiger partial charge in [0.2, 0.25) is 5.91 Å². The predicted molar refractivity (Wildman–Crippen MR) is 100 cm³/mol. The number of carbonyl (C=O) groups excluding carboxylic acids is 1. The molecule has 1 amide bonds. The number of thioether (sulfide) groups is 1. The van der Waals surface area contributed by atoms with Crippen molar-refractivity contribution < 1.29 is 4.79 Å². The van der Waals surface area contributed by atoms with Crippen LogP contribution in [0.1, 0.15) is 49.3 Å². The zero-order valence-electron chi connectivity index (χ0n) is 14.4. The number of fused-ring (bicyclic) bond motifs is 1. The highest BCUT2D eigenvalue weighted by Gasteiger charge is 2.32. The molecule has 24 heavy (non-hydrogen) atoms. The molecule has 0 radical (unpaired) electrons. The van der Waals surface area contributed by atoms with Crippen LogP contribution in [0.3, 0.4) is 0 Å². The van der Waals surface area contributed by atoms with E-state index in [1.807, 2.05) is 11.8 Å². The van der Waals surface area contributed by atoms with Crippen LogP contribution in [0.15, 0.2) is 24.3 Å². The number of hydrogen-bond acceptors (Lipinski definition) is 3. The van der Waals surface area contributed by atoms with Gasteiger partial charge in [-0.05, 0) is 49.7 Å². The number of amides is 1. The van der Waals surface area contributed by atoms with Crippen LogP contribution in [-0.2, 0) is 11.2 Å². The van der Waals surface area contributed by atoms with Crippen molar-refractivity contribution in [2.45, 2.75) is 50.6 Å². The molecular weight excluding hydrogens is 316 g/mol. The van der Waals surface area contributed by atoms with Gasteiger partial charge in [-0.2, -0.15) is 11.8 Å². The van der Waals surface area contributed by atoms with Crippen molar-refractivity contribution in [3.63, 3.8) is 0 Å². The maximum absolute atomic E-state index is 12.7. The summed E-state index contributed by atoms with van der Waals surface area (Å²) >= 11 is 1.97. The SMILES string of the molecule is O=C(C1CCC(NC2CCc3ccccc32)CC1)N1CCSCC1. The maximum Gasteiger partial charge on any atom is 0.225 e. The van der Waals surface area contributed by atoms with Crippen molar-refractivity contribution in [2.24, 2.45) is 5.92 Å². The molecule has 1 heterocycles. The fourth-order valence-electron chi connectivity index (χ4n) is 4.56. The minimum absolute atomic E-state index is 0.280. The highest BCUT2D eigenvalue weighted by molar-refractivity contribution is 7.99. The lowest BCUT2D eigenvalue weighted by Crippen LogP contribution is -2.44. The minimum Gasteiger partial charge on any atom is -0.341 e. The second-order valence-corrected chi connectivity index (χ2v) is 8.67. The quantitative estimate of drug-likeness (QED) is 0.912. The molecule has 1 saturated carbocycles. The van der Waals surface area contributed by atoms with Gasteiger partial charge in [0.25, 0.3) is 0 Å². The Labute approximate surface area is 149 Å². The number of nitrogens with zero attached hydrogens (tertiary/aromatic N) is 1. The fourth-order valence-corrected chi connectivity index (χ4v) is 5.47. The molecule has 0 bridgehead atoms. The Kier molecular flexibility index (Phi) is 5.14. The first-order chi connectivity index (χ1) is 11.8. The number of carbonyl (C=O) groups is 1. The van der Waals surface area contributed by atoms with Crippen molar-refractivity contribution in [1.29, 1.82) is 0 Å². The molecule has 1 N–H and O–H groups in total. The van der Waals surface area contributed by atoms with Crippen LogP contribution in [0.2, 0.25) is 0 Å². The van der Waals surface area contributed by atoms with Crippen LogP contribution < -0.4 is 5.32 Å². The van der Waals surface area contributed by atoms with E-state index in [-0.39, 0.29) is 5.92 Å². The highest BCUT2D eigenvalue weighted by Crippen LogP contribution is 2.34. The van der Waals surface area contributed by atoms with Crippen molar-refractivity contribution in [1.82, 2.24) is 10.2 Å². The third-order valence-electron chi connectivity index (χ3n) is 5.97. The molecule has 3 aliphatic rings. The molecule has 1 unspecified atom stereocenters. The topological polar surface area (TPSA) is 32.3 Å². The largest absolute Gasteiger partial charge is 0.341 e. The number of benzene rings is 1. The number of hydrogen-bond donors (Lipinski definition) is 1. The molecule has 130 valence electrons. The van der Waals surface area contributed by atoms with Crippen LogP contribution in [0.4, 0.5) is 0 Å². The maximum atomic E-state index is 12.7. The van der Waals surface area contributed by atoms with Crippen molar-refractivity contribution >= 4 is 17.7 Å². The summed E-state index contributed by atoms with van der Waals surface area (Å²) in [7, 11) is 0. The van der Waals surface area contributed by atoms with E-state index in [2.05, 4.69) is 34.5 Å². The van der Waals surface area contributed by atoms with Crippen LogP contribution >= 0.6 is 11.8 Å². The van der Waals surface area contributed by atoms with Crippen LogP contribution in [-0.4, -0.2) is 41.4 Å². The van der Waals surface area contributed by atoms with Crippen LogP contribution in [0.5, 0.6) is 0 Å². The molecule has 4 rings (SSSR count). The van der Waals surface area contributed by atoms with Crippen LogP contribution in [0, 0.1) is 5.92 Å². The average Bonchev–Trinajstić information content (AvgIpc) is 3.06. The van der Waals surface area contributed by atoms with E-state index in [1.54, 1.807) is 0 Å². The van der Waals surface area contributed by atoms with Gasteiger partial charge in [-0.1, -0.05) is 24.3 Å². The van der Waals surface area contributed by atoms with E-state index in [0.29, 0.717) is 18.0 Å². The summed E-state index contributed by atoms with van der Waals surface area (Å²) < 4.78 is 0. The van der Waals surface area contributed by atoms with Gasteiger partial charge in [0.05, 0.1) is 0 Å². The van der Waals surface area contributed by atoms with Crippen molar-refractivity contribution in [3.8, 4) is 0 Å². The predicted octanol–water partition coefficient (Wildman–Crippen LogP) is 3.40. The molecule has 1 aromatic rings. The van der Waals surface area contributed by atoms with Crippen molar-refractivity contribution in [2.75, 3.05) is 24.6 Å². The molecule has 0 spiro atoms. The summed E-state index contributed by atoms with van der Waals surface area (Å²) in [5.41, 5.74) is 3.02. The van der Waals surface area contributed by atoms with Crippen LogP contribution in [0.25, 0.3) is 0 Å². The summed E-state index contributed by atoms with van der Waals surface area (Å²) in [5.74, 6) is 2.94. The van der Waals surface area contributed by atoms with E-state index >= 15 is 0 Å². The summed E-state index contributed by atoms with van der Waals surface area (Å²) in [4.78, 5) is 14.8. The molecule has 3 nitrogen and oxygen atoms in total. The third kappa shape index (κ3) is 3.50. The van der Waals surface area contributed by atoms with Gasteiger partial charge < -0.3 is 10.2 Å². The Morgan fingerprint density at radius 2 is 1.79 bits per heavy atom. The Morgan fingerprint density at radius 1 is 1.04 bits per heavy atom. The van der Waals surface area contributed by atoms with Gasteiger partial charge in [0.1, 0.15) is 0 Å². The summed E-state index contributed by atoms with van der Waals surface area (Å²) in [5, 5.41) is 3.88. The van der Waals surface area contributed by atoms with E-state index in [9.17, 15) is 4.79 Å². The lowest BCUT2D eigenvalue weighted by molar-refractivity contribution is -0.136. The molecule has 4 heteroatoms. The van der Waals surface area contributed by atoms with E-state index in [4.69, 9.17) is 0 Å². The summed E-state index contributed by atoms with van der Waals surface area (Å²) in [6, 6.07) is 9.97. The Hall–Kier alpha value is -1.000. The summed E-state index contributed by atoms with van der Waals surface area (Å²) in [6.07, 6.45) is 6.86. The number of nitrogens with one attached hydrogen (secondary N) is 1. The third-order valence-corrected chi connectivity index (χ3v) is 6.91.